The van der Waals surface area contributed by atoms with Crippen LogP contribution in [-0.4, -0.2) is 11.0 Å². The van der Waals surface area contributed by atoms with Crippen molar-refractivity contribution < 1.29 is 13.9 Å². The van der Waals surface area contributed by atoms with E-state index in [1.54, 1.807) is 18.5 Å². The molecule has 2 aromatic rings. The molecule has 1 aromatic carbocycles. The first kappa shape index (κ1) is 13.5. The van der Waals surface area contributed by atoms with E-state index in [1.807, 2.05) is 0 Å². The second-order valence-corrected chi connectivity index (χ2v) is 4.74. The molecule has 0 aliphatic carbocycles. The van der Waals surface area contributed by atoms with Crippen LogP contribution < -0.4 is 5.73 Å². The fraction of sp³-hybridized carbons (Fsp3) is 0.0769. The molecule has 0 saturated carbocycles. The molecule has 0 spiro atoms. The Morgan fingerprint density at radius 2 is 2.16 bits per heavy atom. The molecule has 0 fully saturated rings. The maximum Gasteiger partial charge on any atom is 0.341 e. The number of halogens is 2. The van der Waals surface area contributed by atoms with Crippen LogP contribution in [0.4, 0.5) is 10.1 Å². The lowest BCUT2D eigenvalue weighted by atomic mass is 10.2. The minimum Gasteiger partial charge on any atom is -0.457 e. The van der Waals surface area contributed by atoms with Crippen LogP contribution in [0.15, 0.2) is 41.1 Å². The third-order valence-electron chi connectivity index (χ3n) is 2.34. The lowest BCUT2D eigenvalue weighted by Crippen LogP contribution is -2.08. The minimum absolute atomic E-state index is 0.0134. The number of hydrogen-bond acceptors (Lipinski definition) is 4. The number of pyridine rings is 1. The smallest absolute Gasteiger partial charge is 0.341 e. The van der Waals surface area contributed by atoms with Crippen molar-refractivity contribution in [2.75, 3.05) is 5.73 Å². The fourth-order valence-electron chi connectivity index (χ4n) is 1.46. The topological polar surface area (TPSA) is 65.2 Å². The van der Waals surface area contributed by atoms with Crippen LogP contribution in [-0.2, 0) is 11.3 Å². The van der Waals surface area contributed by atoms with Crippen LogP contribution in [0.3, 0.4) is 0 Å². The van der Waals surface area contributed by atoms with E-state index in [-0.39, 0.29) is 12.2 Å². The van der Waals surface area contributed by atoms with Crippen molar-refractivity contribution in [3.05, 3.63) is 58.1 Å². The Morgan fingerprint density at radius 3 is 2.89 bits per heavy atom. The van der Waals surface area contributed by atoms with E-state index in [0.29, 0.717) is 11.3 Å². The maximum absolute atomic E-state index is 13.4. The van der Waals surface area contributed by atoms with Crippen molar-refractivity contribution in [2.24, 2.45) is 0 Å². The predicted octanol–water partition coefficient (Wildman–Crippen LogP) is 2.92. The maximum atomic E-state index is 13.4. The van der Waals surface area contributed by atoms with E-state index in [9.17, 15) is 9.18 Å². The summed E-state index contributed by atoms with van der Waals surface area (Å²) in [5.41, 5.74) is 6.33. The molecule has 0 bridgehead atoms. The quantitative estimate of drug-likeness (QED) is 0.696. The van der Waals surface area contributed by atoms with Gasteiger partial charge in [-0.05, 0) is 40.2 Å². The Bertz CT molecular complexity index is 619. The van der Waals surface area contributed by atoms with Gasteiger partial charge in [0.25, 0.3) is 0 Å². The molecule has 4 nitrogen and oxygen atoms in total. The van der Waals surface area contributed by atoms with Gasteiger partial charge in [-0.1, -0.05) is 0 Å². The number of rotatable bonds is 3. The summed E-state index contributed by atoms with van der Waals surface area (Å²) in [5.74, 6) is -1.42. The normalized spacial score (nSPS) is 10.2. The lowest BCUT2D eigenvalue weighted by molar-refractivity contribution is 0.0467. The van der Waals surface area contributed by atoms with Gasteiger partial charge < -0.3 is 10.5 Å². The Labute approximate surface area is 117 Å². The van der Waals surface area contributed by atoms with Crippen molar-refractivity contribution in [3.63, 3.8) is 0 Å². The highest BCUT2D eigenvalue weighted by Gasteiger charge is 2.13. The van der Waals surface area contributed by atoms with Crippen LogP contribution >= 0.6 is 15.9 Å². The summed E-state index contributed by atoms with van der Waals surface area (Å²) in [6.07, 6.45) is 3.18. The highest BCUT2D eigenvalue weighted by atomic mass is 79.9. The molecule has 98 valence electrons. The van der Waals surface area contributed by atoms with Crippen molar-refractivity contribution in [3.8, 4) is 0 Å². The molecule has 0 unspecified atom stereocenters. The van der Waals surface area contributed by atoms with Crippen LogP contribution in [0, 0.1) is 5.82 Å². The lowest BCUT2D eigenvalue weighted by Gasteiger charge is -2.06. The number of nitrogens with two attached hydrogens (primary N) is 1. The fourth-order valence-corrected chi connectivity index (χ4v) is 1.87. The van der Waals surface area contributed by atoms with Crippen molar-refractivity contribution >= 4 is 27.6 Å². The van der Waals surface area contributed by atoms with Crippen molar-refractivity contribution in [2.45, 2.75) is 6.61 Å². The van der Waals surface area contributed by atoms with Gasteiger partial charge in [0.05, 0.1) is 5.56 Å². The van der Waals surface area contributed by atoms with Gasteiger partial charge in [0.15, 0.2) is 0 Å². The Hall–Kier alpha value is -1.95. The number of hydrogen-bond donors (Lipinski definition) is 1. The van der Waals surface area contributed by atoms with Crippen LogP contribution in [0.2, 0.25) is 0 Å². The molecule has 0 radical (unpaired) electrons. The standard InChI is InChI=1S/C13H10BrFN2O2/c14-9-3-8(5-17-6-9)7-19-13(18)11-4-10(16)1-2-12(11)15/h1-6H,7,16H2. The summed E-state index contributed by atoms with van der Waals surface area (Å²) in [6.45, 7) is 0.0134. The molecule has 6 heteroatoms. The first-order valence-electron chi connectivity index (χ1n) is 5.38. The molecule has 0 amide bonds. The number of benzene rings is 1. The SMILES string of the molecule is Nc1ccc(F)c(C(=O)OCc2cncc(Br)c2)c1. The number of carbonyl (C=O) groups excluding carboxylic acids is 1. The molecule has 0 atom stereocenters. The molecule has 0 saturated heterocycles. The first-order chi connectivity index (χ1) is 9.06. The van der Waals surface area contributed by atoms with E-state index in [2.05, 4.69) is 20.9 Å². The zero-order valence-electron chi connectivity index (χ0n) is 9.77. The van der Waals surface area contributed by atoms with E-state index in [0.717, 1.165) is 10.5 Å². The zero-order valence-corrected chi connectivity index (χ0v) is 11.4. The molecule has 2 N–H and O–H groups in total. The summed E-state index contributed by atoms with van der Waals surface area (Å²) in [7, 11) is 0. The Kier molecular flexibility index (Phi) is 4.11. The average Bonchev–Trinajstić information content (AvgIpc) is 2.39. The van der Waals surface area contributed by atoms with Gasteiger partial charge in [-0.2, -0.15) is 0 Å². The molecule has 1 heterocycles. The van der Waals surface area contributed by atoms with Gasteiger partial charge >= 0.3 is 5.97 Å². The van der Waals surface area contributed by atoms with Gasteiger partial charge in [-0.3, -0.25) is 4.98 Å². The molecule has 19 heavy (non-hydrogen) atoms. The number of aromatic nitrogens is 1. The van der Waals surface area contributed by atoms with Crippen LogP contribution in [0.25, 0.3) is 0 Å². The van der Waals surface area contributed by atoms with Gasteiger partial charge in [0, 0.05) is 28.1 Å². The highest BCUT2D eigenvalue weighted by molar-refractivity contribution is 9.10. The van der Waals surface area contributed by atoms with Gasteiger partial charge in [0.1, 0.15) is 12.4 Å². The molecule has 2 rings (SSSR count). The number of carbonyl (C=O) groups is 1. The molecular weight excluding hydrogens is 315 g/mol. The van der Waals surface area contributed by atoms with Gasteiger partial charge in [-0.25, -0.2) is 9.18 Å². The molecule has 1 aromatic heterocycles. The molecular formula is C13H10BrFN2O2. The third-order valence-corrected chi connectivity index (χ3v) is 2.78. The molecule has 0 aliphatic rings. The van der Waals surface area contributed by atoms with Gasteiger partial charge in [-0.15, -0.1) is 0 Å². The largest absolute Gasteiger partial charge is 0.457 e. The Balaban J connectivity index is 2.07. The van der Waals surface area contributed by atoms with Gasteiger partial charge in [0.2, 0.25) is 0 Å². The zero-order chi connectivity index (χ0) is 13.8. The Morgan fingerprint density at radius 1 is 1.37 bits per heavy atom. The monoisotopic (exact) mass is 324 g/mol. The van der Waals surface area contributed by atoms with E-state index >= 15 is 0 Å². The minimum atomic E-state index is -0.759. The first-order valence-corrected chi connectivity index (χ1v) is 6.17. The summed E-state index contributed by atoms with van der Waals surface area (Å²) in [6, 6.07) is 5.52. The molecule has 0 aliphatic heterocycles. The second-order valence-electron chi connectivity index (χ2n) is 3.83. The van der Waals surface area contributed by atoms with E-state index in [1.165, 1.54) is 12.1 Å². The number of ether oxygens (including phenoxy) is 1. The predicted molar refractivity (Wildman–Crippen MR) is 71.9 cm³/mol. The highest BCUT2D eigenvalue weighted by Crippen LogP contribution is 2.15. The van der Waals surface area contributed by atoms with Crippen LogP contribution in [0.5, 0.6) is 0 Å². The third kappa shape index (κ3) is 3.51. The summed E-state index contributed by atoms with van der Waals surface area (Å²) in [4.78, 5) is 15.7. The number of nitrogens with zero attached hydrogens (tertiary/aromatic N) is 1. The summed E-state index contributed by atoms with van der Waals surface area (Å²) < 4.78 is 19.2. The number of anilines is 1. The average molecular weight is 325 g/mol. The van der Waals surface area contributed by atoms with Crippen LogP contribution in [0.1, 0.15) is 15.9 Å². The second kappa shape index (κ2) is 5.79. The summed E-state index contributed by atoms with van der Waals surface area (Å²) >= 11 is 3.26. The summed E-state index contributed by atoms with van der Waals surface area (Å²) in [5, 5.41) is 0. The van der Waals surface area contributed by atoms with E-state index < -0.39 is 11.8 Å². The van der Waals surface area contributed by atoms with E-state index in [4.69, 9.17) is 10.5 Å². The number of nitrogen functional groups attached to an aromatic ring is 1. The van der Waals surface area contributed by atoms with Crippen molar-refractivity contribution in [1.29, 1.82) is 0 Å². The number of esters is 1. The van der Waals surface area contributed by atoms with Crippen molar-refractivity contribution in [1.82, 2.24) is 4.98 Å².